The van der Waals surface area contributed by atoms with Gasteiger partial charge in [0, 0.05) is 12.8 Å². The van der Waals surface area contributed by atoms with E-state index in [1.54, 1.807) is 0 Å². The van der Waals surface area contributed by atoms with E-state index in [0.29, 0.717) is 18.2 Å². The SMILES string of the molecule is CCc1nnc(C)cc1-c1nnc(CC(C)CC(=O)O)o1. The van der Waals surface area contributed by atoms with E-state index in [4.69, 9.17) is 9.52 Å². The van der Waals surface area contributed by atoms with Crippen LogP contribution in [-0.2, 0) is 17.6 Å². The molecule has 7 nitrogen and oxygen atoms in total. The van der Waals surface area contributed by atoms with Gasteiger partial charge in [-0.15, -0.1) is 10.2 Å². The lowest BCUT2D eigenvalue weighted by molar-refractivity contribution is -0.137. The molecule has 2 rings (SSSR count). The number of aryl methyl sites for hydroxylation is 2. The number of carboxylic acid groups (broad SMARTS) is 1. The second kappa shape index (κ2) is 6.43. The molecule has 0 saturated heterocycles. The third-order valence-electron chi connectivity index (χ3n) is 3.07. The van der Waals surface area contributed by atoms with Crippen LogP contribution in [0.3, 0.4) is 0 Å². The van der Waals surface area contributed by atoms with E-state index in [9.17, 15) is 4.79 Å². The molecule has 1 unspecified atom stereocenters. The van der Waals surface area contributed by atoms with Gasteiger partial charge < -0.3 is 9.52 Å². The Morgan fingerprint density at radius 3 is 2.76 bits per heavy atom. The van der Waals surface area contributed by atoms with E-state index in [1.807, 2.05) is 26.8 Å². The van der Waals surface area contributed by atoms with Gasteiger partial charge in [0.05, 0.1) is 17.0 Å². The molecule has 0 saturated carbocycles. The summed E-state index contributed by atoms with van der Waals surface area (Å²) in [6.45, 7) is 5.67. The minimum Gasteiger partial charge on any atom is -0.481 e. The molecule has 0 amide bonds. The first kappa shape index (κ1) is 15.1. The molecule has 0 fully saturated rings. The summed E-state index contributed by atoms with van der Waals surface area (Å²) in [5.74, 6) is -0.0409. The summed E-state index contributed by atoms with van der Waals surface area (Å²) in [6, 6.07) is 1.86. The van der Waals surface area contributed by atoms with Crippen molar-refractivity contribution in [2.75, 3.05) is 0 Å². The lowest BCUT2D eigenvalue weighted by Gasteiger charge is -2.04. The van der Waals surface area contributed by atoms with Crippen LogP contribution in [0.2, 0.25) is 0 Å². The van der Waals surface area contributed by atoms with Gasteiger partial charge in [0.2, 0.25) is 11.8 Å². The highest BCUT2D eigenvalue weighted by Crippen LogP contribution is 2.23. The van der Waals surface area contributed by atoms with E-state index >= 15 is 0 Å². The third kappa shape index (κ3) is 3.84. The predicted molar refractivity (Wildman–Crippen MR) is 74.6 cm³/mol. The maximum Gasteiger partial charge on any atom is 0.303 e. The zero-order chi connectivity index (χ0) is 15.4. The molecule has 0 bridgehead atoms. The van der Waals surface area contributed by atoms with Crippen LogP contribution in [0.4, 0.5) is 0 Å². The Hall–Kier alpha value is -2.31. The predicted octanol–water partition coefficient (Wildman–Crippen LogP) is 2.05. The molecule has 0 spiro atoms. The second-order valence-corrected chi connectivity index (χ2v) is 5.11. The molecule has 2 aromatic heterocycles. The number of carbonyl (C=O) groups is 1. The van der Waals surface area contributed by atoms with Crippen LogP contribution >= 0.6 is 0 Å². The van der Waals surface area contributed by atoms with Crippen molar-refractivity contribution in [2.24, 2.45) is 5.92 Å². The molecule has 0 aliphatic heterocycles. The van der Waals surface area contributed by atoms with Crippen LogP contribution in [0.15, 0.2) is 10.5 Å². The van der Waals surface area contributed by atoms with Crippen molar-refractivity contribution in [1.29, 1.82) is 0 Å². The highest BCUT2D eigenvalue weighted by atomic mass is 16.4. The fourth-order valence-corrected chi connectivity index (χ4v) is 2.07. The lowest BCUT2D eigenvalue weighted by atomic mass is 10.0. The van der Waals surface area contributed by atoms with Crippen LogP contribution in [0.25, 0.3) is 11.5 Å². The molecule has 21 heavy (non-hydrogen) atoms. The minimum atomic E-state index is -0.829. The van der Waals surface area contributed by atoms with Gasteiger partial charge in [-0.25, -0.2) is 0 Å². The van der Waals surface area contributed by atoms with Crippen LogP contribution < -0.4 is 0 Å². The molecule has 1 N–H and O–H groups in total. The molecule has 2 aromatic rings. The van der Waals surface area contributed by atoms with Crippen LogP contribution in [0.1, 0.15) is 37.5 Å². The Kier molecular flexibility index (Phi) is 4.62. The van der Waals surface area contributed by atoms with E-state index in [0.717, 1.165) is 23.4 Å². The first-order valence-corrected chi connectivity index (χ1v) is 6.87. The maximum atomic E-state index is 10.7. The normalized spacial score (nSPS) is 12.3. The largest absolute Gasteiger partial charge is 0.481 e. The molecule has 1 atom stereocenters. The van der Waals surface area contributed by atoms with Crippen molar-refractivity contribution < 1.29 is 14.3 Å². The first-order chi connectivity index (χ1) is 9.99. The molecular formula is C14H18N4O3. The maximum absolute atomic E-state index is 10.7. The standard InChI is InChI=1S/C14H18N4O3/c1-4-11-10(7-9(3)15-16-11)14-18-17-12(21-14)5-8(2)6-13(19)20/h7-8H,4-6H2,1-3H3,(H,19,20). The minimum absolute atomic E-state index is 0.0567. The fourth-order valence-electron chi connectivity index (χ4n) is 2.07. The summed E-state index contributed by atoms with van der Waals surface area (Å²) in [5, 5.41) is 24.9. The van der Waals surface area contributed by atoms with Crippen LogP contribution in [-0.4, -0.2) is 31.5 Å². The van der Waals surface area contributed by atoms with Gasteiger partial charge in [-0.05, 0) is 25.3 Å². The van der Waals surface area contributed by atoms with Crippen molar-refractivity contribution in [2.45, 2.75) is 40.0 Å². The van der Waals surface area contributed by atoms with Gasteiger partial charge in [-0.1, -0.05) is 13.8 Å². The van der Waals surface area contributed by atoms with E-state index in [1.165, 1.54) is 0 Å². The summed E-state index contributed by atoms with van der Waals surface area (Å²) < 4.78 is 5.64. The number of hydrogen-bond donors (Lipinski definition) is 1. The van der Waals surface area contributed by atoms with Gasteiger partial charge >= 0.3 is 5.97 Å². The van der Waals surface area contributed by atoms with Gasteiger partial charge in [-0.3, -0.25) is 4.79 Å². The second-order valence-electron chi connectivity index (χ2n) is 5.11. The van der Waals surface area contributed by atoms with Crippen molar-refractivity contribution in [1.82, 2.24) is 20.4 Å². The highest BCUT2D eigenvalue weighted by Gasteiger charge is 2.16. The fraction of sp³-hybridized carbons (Fsp3) is 0.500. The summed E-state index contributed by atoms with van der Waals surface area (Å²) in [6.07, 6.45) is 1.24. The Bertz CT molecular complexity index is 639. The molecule has 112 valence electrons. The number of carboxylic acids is 1. The topological polar surface area (TPSA) is 102 Å². The molecule has 0 radical (unpaired) electrons. The molecule has 2 heterocycles. The molecule has 0 aliphatic carbocycles. The zero-order valence-electron chi connectivity index (χ0n) is 12.3. The van der Waals surface area contributed by atoms with Gasteiger partial charge in [0.15, 0.2) is 0 Å². The zero-order valence-corrected chi connectivity index (χ0v) is 12.3. The van der Waals surface area contributed by atoms with E-state index in [-0.39, 0.29) is 12.3 Å². The summed E-state index contributed by atoms with van der Waals surface area (Å²) in [4.78, 5) is 10.7. The van der Waals surface area contributed by atoms with Gasteiger partial charge in [0.25, 0.3) is 0 Å². The van der Waals surface area contributed by atoms with E-state index < -0.39 is 5.97 Å². The molecule has 0 aromatic carbocycles. The van der Waals surface area contributed by atoms with Crippen molar-refractivity contribution in [3.05, 3.63) is 23.3 Å². The molecule has 7 heteroatoms. The monoisotopic (exact) mass is 290 g/mol. The molecule has 0 aliphatic rings. The summed E-state index contributed by atoms with van der Waals surface area (Å²) in [5.41, 5.74) is 2.37. The Balaban J connectivity index is 2.20. The van der Waals surface area contributed by atoms with E-state index in [2.05, 4.69) is 20.4 Å². The number of aliphatic carboxylic acids is 1. The quantitative estimate of drug-likeness (QED) is 0.868. The van der Waals surface area contributed by atoms with Gasteiger partial charge in [0.1, 0.15) is 0 Å². The highest BCUT2D eigenvalue weighted by molar-refractivity contribution is 5.67. The number of nitrogens with zero attached hydrogens (tertiary/aromatic N) is 4. The van der Waals surface area contributed by atoms with Crippen LogP contribution in [0, 0.1) is 12.8 Å². The third-order valence-corrected chi connectivity index (χ3v) is 3.07. The number of rotatable bonds is 6. The smallest absolute Gasteiger partial charge is 0.303 e. The van der Waals surface area contributed by atoms with Gasteiger partial charge in [-0.2, -0.15) is 10.2 Å². The Labute approximate surface area is 122 Å². The summed E-state index contributed by atoms with van der Waals surface area (Å²) in [7, 11) is 0. The number of hydrogen-bond acceptors (Lipinski definition) is 6. The van der Waals surface area contributed by atoms with Crippen molar-refractivity contribution in [3.8, 4) is 11.5 Å². The number of aromatic nitrogens is 4. The summed E-state index contributed by atoms with van der Waals surface area (Å²) >= 11 is 0. The Morgan fingerprint density at radius 2 is 2.10 bits per heavy atom. The first-order valence-electron chi connectivity index (χ1n) is 6.87. The Morgan fingerprint density at radius 1 is 1.33 bits per heavy atom. The average molecular weight is 290 g/mol. The van der Waals surface area contributed by atoms with Crippen molar-refractivity contribution >= 4 is 5.97 Å². The average Bonchev–Trinajstić information content (AvgIpc) is 2.85. The van der Waals surface area contributed by atoms with Crippen molar-refractivity contribution in [3.63, 3.8) is 0 Å². The molecular weight excluding hydrogens is 272 g/mol. The lowest BCUT2D eigenvalue weighted by Crippen LogP contribution is -2.07. The van der Waals surface area contributed by atoms with Crippen LogP contribution in [0.5, 0.6) is 0 Å².